The van der Waals surface area contributed by atoms with Gasteiger partial charge in [0.15, 0.2) is 17.3 Å². The van der Waals surface area contributed by atoms with Crippen molar-refractivity contribution in [3.8, 4) is 11.5 Å². The maximum Gasteiger partial charge on any atom is 0.310 e. The van der Waals surface area contributed by atoms with Crippen LogP contribution >= 0.6 is 0 Å². The van der Waals surface area contributed by atoms with E-state index < -0.39 is 27.1 Å². The molecule has 0 bridgehead atoms. The van der Waals surface area contributed by atoms with Crippen LogP contribution in [0.15, 0.2) is 97.1 Å². The molecule has 36 heavy (non-hydrogen) atoms. The molecule has 0 saturated heterocycles. The van der Waals surface area contributed by atoms with Gasteiger partial charge in [-0.15, -0.1) is 0 Å². The van der Waals surface area contributed by atoms with E-state index in [0.29, 0.717) is 11.1 Å². The average Bonchev–Trinajstić information content (AvgIpc) is 2.88. The maximum absolute atomic E-state index is 12.1. The van der Waals surface area contributed by atoms with Crippen molar-refractivity contribution < 1.29 is 29.6 Å². The molecule has 0 aromatic heterocycles. The topological polar surface area (TPSA) is 161 Å². The minimum absolute atomic E-state index is 0.119. The van der Waals surface area contributed by atoms with Crippen molar-refractivity contribution in [1.29, 1.82) is 0 Å². The Kier molecular flexibility index (Phi) is 7.83. The van der Waals surface area contributed by atoms with Crippen molar-refractivity contribution in [1.82, 2.24) is 0 Å². The standard InChI is InChI=1S/2C13H9NO4/c15-10-6-7-12(14(17)18)11(8-10)13(16)9-4-2-1-3-5-9;15-12-8-10(6-7-11(12)14(17)18)13(16)9-4-2-1-3-5-9/h2*1-8,15H. The van der Waals surface area contributed by atoms with Crippen LogP contribution in [0, 0.1) is 20.2 Å². The molecule has 10 heteroatoms. The molecule has 0 aliphatic rings. The maximum atomic E-state index is 12.1. The quantitative estimate of drug-likeness (QED) is 0.217. The van der Waals surface area contributed by atoms with Crippen LogP contribution in [-0.4, -0.2) is 31.6 Å². The van der Waals surface area contributed by atoms with Gasteiger partial charge < -0.3 is 10.2 Å². The molecule has 0 radical (unpaired) electrons. The molecule has 2 N–H and O–H groups in total. The number of benzene rings is 4. The van der Waals surface area contributed by atoms with Crippen molar-refractivity contribution in [3.05, 3.63) is 140 Å². The Morgan fingerprint density at radius 3 is 1.58 bits per heavy atom. The number of phenols is 2. The number of nitro benzene ring substituents is 2. The Labute approximate surface area is 204 Å². The molecule has 4 rings (SSSR count). The third-order valence-corrected chi connectivity index (χ3v) is 4.93. The summed E-state index contributed by atoms with van der Waals surface area (Å²) < 4.78 is 0. The number of rotatable bonds is 6. The fourth-order valence-electron chi connectivity index (χ4n) is 3.19. The molecule has 0 unspecified atom stereocenters. The average molecular weight is 486 g/mol. The van der Waals surface area contributed by atoms with Gasteiger partial charge in [0.1, 0.15) is 11.3 Å². The number of carbonyl (C=O) groups is 2. The number of phenolic OH excluding ortho intramolecular Hbond substituents is 2. The molecule has 0 aliphatic heterocycles. The minimum atomic E-state index is -0.702. The second kappa shape index (κ2) is 11.2. The lowest BCUT2D eigenvalue weighted by molar-refractivity contribution is -0.385. The van der Waals surface area contributed by atoms with Crippen LogP contribution in [0.25, 0.3) is 0 Å². The van der Waals surface area contributed by atoms with Crippen LogP contribution in [0.5, 0.6) is 11.5 Å². The summed E-state index contributed by atoms with van der Waals surface area (Å²) in [7, 11) is 0. The summed E-state index contributed by atoms with van der Waals surface area (Å²) in [5, 5.41) is 40.2. The van der Waals surface area contributed by atoms with Gasteiger partial charge in [0.05, 0.1) is 9.85 Å². The van der Waals surface area contributed by atoms with Crippen molar-refractivity contribution in [2.75, 3.05) is 0 Å². The van der Waals surface area contributed by atoms with Gasteiger partial charge in [0.2, 0.25) is 0 Å². The number of hydrogen-bond donors (Lipinski definition) is 2. The normalized spacial score (nSPS) is 10.0. The van der Waals surface area contributed by atoms with E-state index in [9.17, 15) is 40.0 Å². The van der Waals surface area contributed by atoms with Crippen LogP contribution in [0.1, 0.15) is 31.8 Å². The van der Waals surface area contributed by atoms with Gasteiger partial charge in [-0.3, -0.25) is 29.8 Å². The van der Waals surface area contributed by atoms with Gasteiger partial charge in [-0.2, -0.15) is 0 Å². The molecular formula is C26H18N2O8. The van der Waals surface area contributed by atoms with E-state index >= 15 is 0 Å². The summed E-state index contributed by atoms with van der Waals surface area (Å²) in [5.74, 6) is -1.47. The number of nitro groups is 2. The highest BCUT2D eigenvalue weighted by Crippen LogP contribution is 2.27. The SMILES string of the molecule is O=C(c1ccccc1)c1cc(O)ccc1[N+](=O)[O-].O=C(c1ccccc1)c1ccc([N+](=O)[O-])c(O)c1. The summed E-state index contributed by atoms with van der Waals surface area (Å²) in [6, 6.07) is 23.7. The first-order valence-corrected chi connectivity index (χ1v) is 10.3. The Balaban J connectivity index is 0.000000201. The summed E-state index contributed by atoms with van der Waals surface area (Å²) in [5.41, 5.74) is 0.161. The molecule has 10 nitrogen and oxygen atoms in total. The fraction of sp³-hybridized carbons (Fsp3) is 0. The molecule has 0 amide bonds. The van der Waals surface area contributed by atoms with E-state index in [1.165, 1.54) is 12.1 Å². The zero-order chi connectivity index (χ0) is 26.2. The van der Waals surface area contributed by atoms with Crippen LogP contribution in [0.2, 0.25) is 0 Å². The van der Waals surface area contributed by atoms with Gasteiger partial charge in [-0.05, 0) is 24.3 Å². The first kappa shape index (κ1) is 25.2. The third-order valence-electron chi connectivity index (χ3n) is 4.93. The minimum Gasteiger partial charge on any atom is -0.508 e. The number of carbonyl (C=O) groups excluding carboxylic acids is 2. The summed E-state index contributed by atoms with van der Waals surface area (Å²) in [6.07, 6.45) is 0. The van der Waals surface area contributed by atoms with Crippen LogP contribution < -0.4 is 0 Å². The number of aromatic hydroxyl groups is 2. The van der Waals surface area contributed by atoms with E-state index in [-0.39, 0.29) is 28.3 Å². The Morgan fingerprint density at radius 1 is 0.583 bits per heavy atom. The zero-order valence-electron chi connectivity index (χ0n) is 18.5. The molecule has 180 valence electrons. The zero-order valence-corrected chi connectivity index (χ0v) is 18.5. The molecule has 0 atom stereocenters. The summed E-state index contributed by atoms with van der Waals surface area (Å²) in [6.45, 7) is 0. The number of ketones is 2. The van der Waals surface area contributed by atoms with Gasteiger partial charge in [0, 0.05) is 28.8 Å². The van der Waals surface area contributed by atoms with Gasteiger partial charge in [-0.25, -0.2) is 0 Å². The molecule has 0 aliphatic carbocycles. The highest BCUT2D eigenvalue weighted by Gasteiger charge is 2.21. The first-order chi connectivity index (χ1) is 17.2. The largest absolute Gasteiger partial charge is 0.508 e. The number of nitrogens with zero attached hydrogens (tertiary/aromatic N) is 2. The number of hydrogen-bond acceptors (Lipinski definition) is 8. The monoisotopic (exact) mass is 486 g/mol. The van der Waals surface area contributed by atoms with Crippen molar-refractivity contribution in [3.63, 3.8) is 0 Å². The summed E-state index contributed by atoms with van der Waals surface area (Å²) >= 11 is 0. The Morgan fingerprint density at radius 2 is 1.08 bits per heavy atom. The van der Waals surface area contributed by atoms with E-state index in [1.807, 2.05) is 0 Å². The predicted octanol–water partition coefficient (Wildman–Crippen LogP) is 5.06. The third kappa shape index (κ3) is 5.94. The van der Waals surface area contributed by atoms with Crippen LogP contribution in [0.3, 0.4) is 0 Å². The second-order valence-corrected chi connectivity index (χ2v) is 7.31. The molecule has 4 aromatic carbocycles. The highest BCUT2D eigenvalue weighted by atomic mass is 16.6. The molecular weight excluding hydrogens is 468 g/mol. The van der Waals surface area contributed by atoms with E-state index in [0.717, 1.165) is 24.3 Å². The molecule has 0 fully saturated rings. The van der Waals surface area contributed by atoms with E-state index in [2.05, 4.69) is 0 Å². The smallest absolute Gasteiger partial charge is 0.310 e. The molecule has 0 spiro atoms. The molecule has 4 aromatic rings. The van der Waals surface area contributed by atoms with Crippen molar-refractivity contribution in [2.24, 2.45) is 0 Å². The lowest BCUT2D eigenvalue weighted by Crippen LogP contribution is -2.05. The fourth-order valence-corrected chi connectivity index (χ4v) is 3.19. The molecule has 0 heterocycles. The van der Waals surface area contributed by atoms with Gasteiger partial charge in [0.25, 0.3) is 5.69 Å². The highest BCUT2D eigenvalue weighted by molar-refractivity contribution is 6.11. The molecule has 0 saturated carbocycles. The second-order valence-electron chi connectivity index (χ2n) is 7.31. The van der Waals surface area contributed by atoms with Crippen molar-refractivity contribution in [2.45, 2.75) is 0 Å². The van der Waals surface area contributed by atoms with Crippen LogP contribution in [-0.2, 0) is 0 Å². The summed E-state index contributed by atoms with van der Waals surface area (Å²) in [4.78, 5) is 44.1. The van der Waals surface area contributed by atoms with Crippen LogP contribution in [0.4, 0.5) is 11.4 Å². The first-order valence-electron chi connectivity index (χ1n) is 10.3. The van der Waals surface area contributed by atoms with Gasteiger partial charge >= 0.3 is 5.69 Å². The Hall–Kier alpha value is -5.38. The van der Waals surface area contributed by atoms with E-state index in [1.54, 1.807) is 60.7 Å². The lowest BCUT2D eigenvalue weighted by Gasteiger charge is -2.03. The Bertz CT molecular complexity index is 1440. The van der Waals surface area contributed by atoms with Crippen molar-refractivity contribution >= 4 is 22.9 Å². The van der Waals surface area contributed by atoms with Gasteiger partial charge in [-0.1, -0.05) is 60.7 Å². The van der Waals surface area contributed by atoms with E-state index in [4.69, 9.17) is 0 Å². The lowest BCUT2D eigenvalue weighted by atomic mass is 10.0. The predicted molar refractivity (Wildman–Crippen MR) is 129 cm³/mol.